The molecule has 1 saturated heterocycles. The number of imidazole rings is 1. The van der Waals surface area contributed by atoms with Crippen LogP contribution in [-0.4, -0.2) is 50.1 Å². The summed E-state index contributed by atoms with van der Waals surface area (Å²) < 4.78 is 6.88. The number of amides is 1. The molecule has 0 unspecified atom stereocenters. The molecule has 3 rings (SSSR count). The summed E-state index contributed by atoms with van der Waals surface area (Å²) in [6, 6.07) is 0. The van der Waals surface area contributed by atoms with E-state index in [2.05, 4.69) is 25.3 Å². The van der Waals surface area contributed by atoms with Crippen LogP contribution in [0.15, 0.2) is 17.0 Å². The molecule has 8 nitrogen and oxygen atoms in total. The monoisotopic (exact) mass is 318 g/mol. The van der Waals surface area contributed by atoms with E-state index in [4.69, 9.17) is 4.52 Å². The van der Waals surface area contributed by atoms with Gasteiger partial charge in [-0.05, 0) is 38.8 Å². The van der Waals surface area contributed by atoms with E-state index in [0.29, 0.717) is 36.4 Å². The highest BCUT2D eigenvalue weighted by Crippen LogP contribution is 2.18. The fourth-order valence-electron chi connectivity index (χ4n) is 2.85. The lowest BCUT2D eigenvalue weighted by molar-refractivity contribution is 0.0925. The Morgan fingerprint density at radius 2 is 2.22 bits per heavy atom. The van der Waals surface area contributed by atoms with Crippen molar-refractivity contribution >= 4 is 5.91 Å². The summed E-state index contributed by atoms with van der Waals surface area (Å²) in [5.74, 6) is 1.79. The zero-order valence-corrected chi connectivity index (χ0v) is 13.5. The van der Waals surface area contributed by atoms with Crippen molar-refractivity contribution in [1.82, 2.24) is 29.9 Å². The number of aryl methyl sites for hydroxylation is 2. The van der Waals surface area contributed by atoms with Crippen LogP contribution >= 0.6 is 0 Å². The maximum atomic E-state index is 12.1. The Kier molecular flexibility index (Phi) is 4.71. The van der Waals surface area contributed by atoms with Gasteiger partial charge in [0.2, 0.25) is 5.89 Å². The number of nitrogens with zero attached hydrogens (tertiary/aromatic N) is 5. The van der Waals surface area contributed by atoms with Crippen molar-refractivity contribution in [3.63, 3.8) is 0 Å². The molecule has 1 aliphatic heterocycles. The number of rotatable bonds is 5. The first kappa shape index (κ1) is 15.7. The Balaban J connectivity index is 1.41. The first-order chi connectivity index (χ1) is 11.1. The standard InChI is InChI=1S/C15H22N6O2/c1-11-18-14(23-19-11)9-21-5-3-12(4-6-21)7-17-15(22)13-8-16-10-20(13)2/h8,10,12H,3-7,9H2,1-2H3,(H,17,22). The number of carbonyl (C=O) groups is 1. The summed E-state index contributed by atoms with van der Waals surface area (Å²) in [5.41, 5.74) is 0.592. The molecule has 0 saturated carbocycles. The molecule has 0 aliphatic carbocycles. The summed E-state index contributed by atoms with van der Waals surface area (Å²) in [5, 5.41) is 6.81. The fourth-order valence-corrected chi connectivity index (χ4v) is 2.85. The number of hydrogen-bond donors (Lipinski definition) is 1. The molecule has 0 radical (unpaired) electrons. The lowest BCUT2D eigenvalue weighted by Crippen LogP contribution is -2.38. The number of hydrogen-bond acceptors (Lipinski definition) is 6. The van der Waals surface area contributed by atoms with Crippen molar-refractivity contribution in [1.29, 1.82) is 0 Å². The largest absolute Gasteiger partial charge is 0.350 e. The van der Waals surface area contributed by atoms with Crippen molar-refractivity contribution in [3.05, 3.63) is 29.9 Å². The summed E-state index contributed by atoms with van der Waals surface area (Å²) in [6.45, 7) is 5.19. The van der Waals surface area contributed by atoms with E-state index in [1.165, 1.54) is 0 Å². The first-order valence-electron chi connectivity index (χ1n) is 7.88. The van der Waals surface area contributed by atoms with Gasteiger partial charge in [0, 0.05) is 13.6 Å². The third-order valence-electron chi connectivity index (χ3n) is 4.24. The zero-order valence-electron chi connectivity index (χ0n) is 13.5. The Morgan fingerprint density at radius 3 is 2.83 bits per heavy atom. The molecule has 0 atom stereocenters. The molecular formula is C15H22N6O2. The minimum atomic E-state index is -0.0613. The van der Waals surface area contributed by atoms with Crippen LogP contribution in [0.4, 0.5) is 0 Å². The summed E-state index contributed by atoms with van der Waals surface area (Å²) in [6.07, 6.45) is 5.33. The molecular weight excluding hydrogens is 296 g/mol. The lowest BCUT2D eigenvalue weighted by atomic mass is 9.97. The van der Waals surface area contributed by atoms with Crippen LogP contribution in [0.2, 0.25) is 0 Å². The van der Waals surface area contributed by atoms with Gasteiger partial charge in [-0.3, -0.25) is 9.69 Å². The van der Waals surface area contributed by atoms with E-state index in [9.17, 15) is 4.79 Å². The number of carbonyl (C=O) groups excluding carboxylic acids is 1. The van der Waals surface area contributed by atoms with Crippen molar-refractivity contribution < 1.29 is 9.32 Å². The van der Waals surface area contributed by atoms with Gasteiger partial charge in [-0.25, -0.2) is 4.98 Å². The highest BCUT2D eigenvalue weighted by Gasteiger charge is 2.21. The molecule has 2 aromatic rings. The normalized spacial score (nSPS) is 16.6. The molecule has 3 heterocycles. The van der Waals surface area contributed by atoms with Crippen molar-refractivity contribution in [2.24, 2.45) is 13.0 Å². The van der Waals surface area contributed by atoms with Crippen LogP contribution in [-0.2, 0) is 13.6 Å². The van der Waals surface area contributed by atoms with Crippen LogP contribution in [0.3, 0.4) is 0 Å². The smallest absolute Gasteiger partial charge is 0.269 e. The van der Waals surface area contributed by atoms with Crippen LogP contribution < -0.4 is 5.32 Å². The van der Waals surface area contributed by atoms with E-state index in [-0.39, 0.29) is 5.91 Å². The quantitative estimate of drug-likeness (QED) is 0.875. The SMILES string of the molecule is Cc1noc(CN2CCC(CNC(=O)c3cncn3C)CC2)n1. The maximum Gasteiger partial charge on any atom is 0.269 e. The van der Waals surface area contributed by atoms with Gasteiger partial charge in [-0.15, -0.1) is 0 Å². The number of aromatic nitrogens is 4. The average molecular weight is 318 g/mol. The molecule has 1 amide bonds. The Bertz CT molecular complexity index is 656. The highest BCUT2D eigenvalue weighted by atomic mass is 16.5. The maximum absolute atomic E-state index is 12.1. The summed E-state index contributed by atoms with van der Waals surface area (Å²) >= 11 is 0. The summed E-state index contributed by atoms with van der Waals surface area (Å²) in [4.78, 5) is 22.6. The molecule has 1 N–H and O–H groups in total. The van der Waals surface area contributed by atoms with Crippen molar-refractivity contribution in [2.75, 3.05) is 19.6 Å². The van der Waals surface area contributed by atoms with E-state index >= 15 is 0 Å². The van der Waals surface area contributed by atoms with E-state index < -0.39 is 0 Å². The van der Waals surface area contributed by atoms with Gasteiger partial charge in [-0.2, -0.15) is 4.98 Å². The number of nitrogens with one attached hydrogen (secondary N) is 1. The Hall–Kier alpha value is -2.22. The Morgan fingerprint density at radius 1 is 1.43 bits per heavy atom. The van der Waals surface area contributed by atoms with Gasteiger partial charge in [-0.1, -0.05) is 5.16 Å². The second-order valence-electron chi connectivity index (χ2n) is 6.05. The minimum Gasteiger partial charge on any atom is -0.350 e. The van der Waals surface area contributed by atoms with Gasteiger partial charge >= 0.3 is 0 Å². The molecule has 1 aliphatic rings. The van der Waals surface area contributed by atoms with Gasteiger partial charge in [0.15, 0.2) is 5.82 Å². The average Bonchev–Trinajstić information content (AvgIpc) is 3.15. The molecule has 0 spiro atoms. The fraction of sp³-hybridized carbons (Fsp3) is 0.600. The van der Waals surface area contributed by atoms with Gasteiger partial charge in [0.05, 0.1) is 19.1 Å². The van der Waals surface area contributed by atoms with E-state index in [1.54, 1.807) is 17.1 Å². The van der Waals surface area contributed by atoms with Crippen molar-refractivity contribution in [3.8, 4) is 0 Å². The van der Waals surface area contributed by atoms with E-state index in [0.717, 1.165) is 25.9 Å². The number of likely N-dealkylation sites (tertiary alicyclic amines) is 1. The Labute approximate surface area is 134 Å². The third kappa shape index (κ3) is 3.95. The topological polar surface area (TPSA) is 89.1 Å². The molecule has 23 heavy (non-hydrogen) atoms. The zero-order chi connectivity index (χ0) is 16.2. The summed E-state index contributed by atoms with van der Waals surface area (Å²) in [7, 11) is 1.82. The van der Waals surface area contributed by atoms with Crippen molar-refractivity contribution in [2.45, 2.75) is 26.3 Å². The predicted molar refractivity (Wildman–Crippen MR) is 82.6 cm³/mol. The van der Waals surface area contributed by atoms with Gasteiger partial charge in [0.1, 0.15) is 5.69 Å². The lowest BCUT2D eigenvalue weighted by Gasteiger charge is -2.30. The molecule has 2 aromatic heterocycles. The van der Waals surface area contributed by atoms with Crippen LogP contribution in [0, 0.1) is 12.8 Å². The molecule has 8 heteroatoms. The van der Waals surface area contributed by atoms with Gasteiger partial charge in [0.25, 0.3) is 5.91 Å². The van der Waals surface area contributed by atoms with Gasteiger partial charge < -0.3 is 14.4 Å². The third-order valence-corrected chi connectivity index (χ3v) is 4.24. The molecule has 1 fully saturated rings. The number of piperidine rings is 1. The molecule has 0 aromatic carbocycles. The first-order valence-corrected chi connectivity index (χ1v) is 7.88. The molecule has 124 valence electrons. The highest BCUT2D eigenvalue weighted by molar-refractivity contribution is 5.92. The van der Waals surface area contributed by atoms with Crippen LogP contribution in [0.5, 0.6) is 0 Å². The second-order valence-corrected chi connectivity index (χ2v) is 6.05. The predicted octanol–water partition coefficient (Wildman–Crippen LogP) is 0.754. The van der Waals surface area contributed by atoms with Crippen LogP contribution in [0.1, 0.15) is 35.0 Å². The second kappa shape index (κ2) is 6.91. The molecule has 0 bridgehead atoms. The minimum absolute atomic E-state index is 0.0613. The van der Waals surface area contributed by atoms with E-state index in [1.807, 2.05) is 14.0 Å². The van der Waals surface area contributed by atoms with Crippen LogP contribution in [0.25, 0.3) is 0 Å².